The van der Waals surface area contributed by atoms with E-state index in [1.807, 2.05) is 53.4 Å². The van der Waals surface area contributed by atoms with E-state index in [4.69, 9.17) is 14.2 Å². The summed E-state index contributed by atoms with van der Waals surface area (Å²) in [6, 6.07) is 13.7. The van der Waals surface area contributed by atoms with Gasteiger partial charge in [-0.25, -0.2) is 0 Å². The fourth-order valence-electron chi connectivity index (χ4n) is 3.61. The SMILES string of the molecule is C=CCc1ccc(OCC(=O)N2CCCC2c2cccc(OC)c2)c(OC)c1. The minimum atomic E-state index is -0.0254. The summed E-state index contributed by atoms with van der Waals surface area (Å²) in [7, 11) is 3.25. The van der Waals surface area contributed by atoms with Crippen molar-refractivity contribution in [2.24, 2.45) is 0 Å². The summed E-state index contributed by atoms with van der Waals surface area (Å²) in [4.78, 5) is 14.7. The number of carbonyl (C=O) groups is 1. The van der Waals surface area contributed by atoms with Gasteiger partial charge in [-0.3, -0.25) is 4.79 Å². The Balaban J connectivity index is 1.68. The molecule has 0 aromatic heterocycles. The fraction of sp³-hybridized carbons (Fsp3) is 0.348. The molecule has 148 valence electrons. The summed E-state index contributed by atoms with van der Waals surface area (Å²) in [5, 5.41) is 0. The zero-order valence-corrected chi connectivity index (χ0v) is 16.5. The maximum atomic E-state index is 12.8. The average Bonchev–Trinajstić information content (AvgIpc) is 3.22. The maximum absolute atomic E-state index is 12.8. The van der Waals surface area contributed by atoms with Crippen molar-refractivity contribution >= 4 is 5.91 Å². The van der Waals surface area contributed by atoms with E-state index in [-0.39, 0.29) is 18.6 Å². The van der Waals surface area contributed by atoms with Gasteiger partial charge in [-0.15, -0.1) is 6.58 Å². The molecule has 5 nitrogen and oxygen atoms in total. The molecule has 1 fully saturated rings. The summed E-state index contributed by atoms with van der Waals surface area (Å²) in [6.07, 6.45) is 4.52. The molecule has 0 bridgehead atoms. The highest BCUT2D eigenvalue weighted by Crippen LogP contribution is 2.34. The molecular formula is C23H27NO4. The zero-order chi connectivity index (χ0) is 19.9. The van der Waals surface area contributed by atoms with Crippen LogP contribution < -0.4 is 14.2 Å². The molecule has 1 amide bonds. The molecule has 1 saturated heterocycles. The van der Waals surface area contributed by atoms with Gasteiger partial charge >= 0.3 is 0 Å². The van der Waals surface area contributed by atoms with Crippen LogP contribution in [0.3, 0.4) is 0 Å². The van der Waals surface area contributed by atoms with Gasteiger partial charge < -0.3 is 19.1 Å². The smallest absolute Gasteiger partial charge is 0.261 e. The van der Waals surface area contributed by atoms with E-state index in [9.17, 15) is 4.79 Å². The Labute approximate surface area is 166 Å². The molecule has 0 aliphatic carbocycles. The van der Waals surface area contributed by atoms with Crippen molar-refractivity contribution in [1.82, 2.24) is 4.90 Å². The van der Waals surface area contributed by atoms with Crippen LogP contribution in [0.2, 0.25) is 0 Å². The van der Waals surface area contributed by atoms with Crippen LogP contribution in [0, 0.1) is 0 Å². The van der Waals surface area contributed by atoms with E-state index in [2.05, 4.69) is 6.58 Å². The van der Waals surface area contributed by atoms with Crippen LogP contribution in [-0.2, 0) is 11.2 Å². The molecule has 0 radical (unpaired) electrons. The molecule has 0 N–H and O–H groups in total. The summed E-state index contributed by atoms with van der Waals surface area (Å²) in [5.41, 5.74) is 2.18. The van der Waals surface area contributed by atoms with Gasteiger partial charge in [-0.05, 0) is 54.7 Å². The molecule has 28 heavy (non-hydrogen) atoms. The van der Waals surface area contributed by atoms with Crippen LogP contribution >= 0.6 is 0 Å². The lowest BCUT2D eigenvalue weighted by Crippen LogP contribution is -2.34. The number of hydrogen-bond acceptors (Lipinski definition) is 4. The van der Waals surface area contributed by atoms with E-state index in [0.29, 0.717) is 11.5 Å². The number of ether oxygens (including phenoxy) is 3. The van der Waals surface area contributed by atoms with Crippen LogP contribution in [-0.4, -0.2) is 38.2 Å². The third-order valence-corrected chi connectivity index (χ3v) is 5.01. The van der Waals surface area contributed by atoms with Crippen molar-refractivity contribution in [3.63, 3.8) is 0 Å². The number of benzene rings is 2. The Bertz CT molecular complexity index is 833. The Morgan fingerprint density at radius 1 is 1.18 bits per heavy atom. The molecular weight excluding hydrogens is 354 g/mol. The molecule has 0 spiro atoms. The third kappa shape index (κ3) is 4.47. The Morgan fingerprint density at radius 3 is 2.79 bits per heavy atom. The molecule has 3 rings (SSSR count). The zero-order valence-electron chi connectivity index (χ0n) is 16.5. The van der Waals surface area contributed by atoms with Crippen LogP contribution in [0.15, 0.2) is 55.1 Å². The topological polar surface area (TPSA) is 48.0 Å². The molecule has 5 heteroatoms. The molecule has 0 saturated carbocycles. The summed E-state index contributed by atoms with van der Waals surface area (Å²) >= 11 is 0. The lowest BCUT2D eigenvalue weighted by Gasteiger charge is -2.25. The largest absolute Gasteiger partial charge is 0.497 e. The van der Waals surface area contributed by atoms with Gasteiger partial charge in [-0.2, -0.15) is 0 Å². The van der Waals surface area contributed by atoms with Crippen LogP contribution in [0.4, 0.5) is 0 Å². The highest BCUT2D eigenvalue weighted by molar-refractivity contribution is 5.78. The maximum Gasteiger partial charge on any atom is 0.261 e. The van der Waals surface area contributed by atoms with Gasteiger partial charge in [0, 0.05) is 6.54 Å². The van der Waals surface area contributed by atoms with E-state index in [1.165, 1.54) is 0 Å². The molecule has 1 atom stereocenters. The minimum absolute atomic E-state index is 0.0162. The first kappa shape index (κ1) is 19.8. The Kier molecular flexibility index (Phi) is 6.58. The van der Waals surface area contributed by atoms with Crippen molar-refractivity contribution in [2.45, 2.75) is 25.3 Å². The second kappa shape index (κ2) is 9.31. The van der Waals surface area contributed by atoms with Crippen molar-refractivity contribution in [1.29, 1.82) is 0 Å². The van der Waals surface area contributed by atoms with Gasteiger partial charge in [-0.1, -0.05) is 24.3 Å². The highest BCUT2D eigenvalue weighted by atomic mass is 16.5. The highest BCUT2D eigenvalue weighted by Gasteiger charge is 2.30. The van der Waals surface area contributed by atoms with Gasteiger partial charge in [0.25, 0.3) is 5.91 Å². The molecule has 1 aliphatic rings. The number of allylic oxidation sites excluding steroid dienone is 1. The van der Waals surface area contributed by atoms with Crippen LogP contribution in [0.25, 0.3) is 0 Å². The molecule has 2 aromatic rings. The first-order valence-electron chi connectivity index (χ1n) is 9.50. The molecule has 1 unspecified atom stereocenters. The number of amides is 1. The van der Waals surface area contributed by atoms with E-state index < -0.39 is 0 Å². The van der Waals surface area contributed by atoms with E-state index >= 15 is 0 Å². The molecule has 1 heterocycles. The fourth-order valence-corrected chi connectivity index (χ4v) is 3.61. The van der Waals surface area contributed by atoms with Gasteiger partial charge in [0.15, 0.2) is 18.1 Å². The summed E-state index contributed by atoms with van der Waals surface area (Å²) < 4.78 is 16.5. The number of rotatable bonds is 8. The van der Waals surface area contributed by atoms with Gasteiger partial charge in [0.2, 0.25) is 0 Å². The minimum Gasteiger partial charge on any atom is -0.497 e. The second-order valence-electron chi connectivity index (χ2n) is 6.79. The van der Waals surface area contributed by atoms with Crippen molar-refractivity contribution < 1.29 is 19.0 Å². The van der Waals surface area contributed by atoms with Gasteiger partial charge in [0.05, 0.1) is 20.3 Å². The second-order valence-corrected chi connectivity index (χ2v) is 6.79. The van der Waals surface area contributed by atoms with E-state index in [1.54, 1.807) is 14.2 Å². The predicted octanol–water partition coefficient (Wildman–Crippen LogP) is 4.17. The lowest BCUT2D eigenvalue weighted by molar-refractivity contribution is -0.134. The number of carbonyl (C=O) groups excluding carboxylic acids is 1. The normalized spacial score (nSPS) is 15.9. The predicted molar refractivity (Wildman–Crippen MR) is 109 cm³/mol. The molecule has 2 aromatic carbocycles. The van der Waals surface area contributed by atoms with Crippen molar-refractivity contribution in [3.8, 4) is 17.2 Å². The Hall–Kier alpha value is -2.95. The Morgan fingerprint density at radius 2 is 2.04 bits per heavy atom. The standard InChI is InChI=1S/C23H27NO4/c1-4-7-17-11-12-21(22(14-17)27-3)28-16-23(25)24-13-6-10-20(24)18-8-5-9-19(15-18)26-2/h4-5,8-9,11-12,14-15,20H,1,6-7,10,13,16H2,2-3H3. The van der Waals surface area contributed by atoms with Crippen LogP contribution in [0.5, 0.6) is 17.2 Å². The quantitative estimate of drug-likeness (QED) is 0.644. The van der Waals surface area contributed by atoms with Gasteiger partial charge in [0.1, 0.15) is 5.75 Å². The summed E-state index contributed by atoms with van der Waals surface area (Å²) in [6.45, 7) is 4.47. The number of methoxy groups -OCH3 is 2. The van der Waals surface area contributed by atoms with Crippen molar-refractivity contribution in [2.75, 3.05) is 27.4 Å². The first-order valence-corrected chi connectivity index (χ1v) is 9.50. The first-order chi connectivity index (χ1) is 13.7. The molecule has 1 aliphatic heterocycles. The van der Waals surface area contributed by atoms with Crippen molar-refractivity contribution in [3.05, 3.63) is 66.2 Å². The van der Waals surface area contributed by atoms with E-state index in [0.717, 1.165) is 42.7 Å². The monoisotopic (exact) mass is 381 g/mol. The lowest BCUT2D eigenvalue weighted by atomic mass is 10.0. The summed E-state index contributed by atoms with van der Waals surface area (Å²) in [5.74, 6) is 1.97. The third-order valence-electron chi connectivity index (χ3n) is 5.01. The number of nitrogens with zero attached hydrogens (tertiary/aromatic N) is 1. The number of likely N-dealkylation sites (tertiary alicyclic amines) is 1. The van der Waals surface area contributed by atoms with Crippen LogP contribution in [0.1, 0.15) is 30.0 Å². The average molecular weight is 381 g/mol. The number of hydrogen-bond donors (Lipinski definition) is 0.